The van der Waals surface area contributed by atoms with Crippen molar-refractivity contribution in [1.29, 1.82) is 0 Å². The van der Waals surface area contributed by atoms with E-state index in [1.807, 2.05) is 18.2 Å². The first kappa shape index (κ1) is 12.5. The summed E-state index contributed by atoms with van der Waals surface area (Å²) < 4.78 is 0. The molecule has 0 spiro atoms. The molecule has 2 N–H and O–H groups in total. The van der Waals surface area contributed by atoms with Crippen LogP contribution in [-0.2, 0) is 4.79 Å². The summed E-state index contributed by atoms with van der Waals surface area (Å²) in [5.74, 6) is -0.920. The summed E-state index contributed by atoms with van der Waals surface area (Å²) in [5.41, 5.74) is 1.43. The van der Waals surface area contributed by atoms with Crippen LogP contribution < -0.4 is 5.32 Å². The molecule has 0 amide bonds. The lowest BCUT2D eigenvalue weighted by Gasteiger charge is -2.16. The van der Waals surface area contributed by atoms with Crippen molar-refractivity contribution >= 4 is 23.3 Å². The van der Waals surface area contributed by atoms with E-state index in [9.17, 15) is 9.90 Å². The van der Waals surface area contributed by atoms with Gasteiger partial charge in [0.15, 0.2) is 6.04 Å². The number of hydrogen-bond donors (Lipinski definition) is 2. The van der Waals surface area contributed by atoms with E-state index in [0.717, 1.165) is 5.69 Å². The third-order valence-corrected chi connectivity index (χ3v) is 2.79. The van der Waals surface area contributed by atoms with Gasteiger partial charge >= 0.3 is 5.97 Å². The maximum absolute atomic E-state index is 11.3. The van der Waals surface area contributed by atoms with Crippen LogP contribution >= 0.6 is 11.6 Å². The van der Waals surface area contributed by atoms with Crippen LogP contribution in [0.15, 0.2) is 54.6 Å². The van der Waals surface area contributed by atoms with Crippen LogP contribution in [0.3, 0.4) is 0 Å². The minimum absolute atomic E-state index is 0.618. The Labute approximate surface area is 110 Å². The molecule has 0 heterocycles. The standard InChI is InChI=1S/C14H12ClNO2/c15-11-6-8-12(9-7-11)16-13(14(17)18)10-4-2-1-3-5-10/h1-9,13,16H,(H,17,18)/t13-/m1/s1. The predicted octanol–water partition coefficient (Wildman–Crippen LogP) is 3.58. The van der Waals surface area contributed by atoms with Crippen molar-refractivity contribution in [3.63, 3.8) is 0 Å². The average Bonchev–Trinajstić information content (AvgIpc) is 2.38. The molecule has 0 aliphatic carbocycles. The number of rotatable bonds is 4. The molecule has 18 heavy (non-hydrogen) atoms. The van der Waals surface area contributed by atoms with E-state index in [-0.39, 0.29) is 0 Å². The van der Waals surface area contributed by atoms with Crippen molar-refractivity contribution in [2.75, 3.05) is 5.32 Å². The molecule has 0 aromatic heterocycles. The van der Waals surface area contributed by atoms with Crippen LogP contribution in [0.5, 0.6) is 0 Å². The van der Waals surface area contributed by atoms with Gasteiger partial charge in [-0.15, -0.1) is 0 Å². The molecule has 0 aliphatic rings. The van der Waals surface area contributed by atoms with Crippen molar-refractivity contribution in [1.82, 2.24) is 0 Å². The quantitative estimate of drug-likeness (QED) is 0.884. The van der Waals surface area contributed by atoms with E-state index < -0.39 is 12.0 Å². The monoisotopic (exact) mass is 261 g/mol. The van der Waals surface area contributed by atoms with Crippen molar-refractivity contribution in [3.8, 4) is 0 Å². The number of anilines is 1. The number of hydrogen-bond acceptors (Lipinski definition) is 2. The highest BCUT2D eigenvalue weighted by atomic mass is 35.5. The zero-order chi connectivity index (χ0) is 13.0. The first-order chi connectivity index (χ1) is 8.66. The highest BCUT2D eigenvalue weighted by molar-refractivity contribution is 6.30. The maximum Gasteiger partial charge on any atom is 0.330 e. The molecule has 0 radical (unpaired) electrons. The molecule has 1 atom stereocenters. The van der Waals surface area contributed by atoms with Crippen LogP contribution in [-0.4, -0.2) is 11.1 Å². The number of carboxylic acids is 1. The van der Waals surface area contributed by atoms with Crippen molar-refractivity contribution in [2.24, 2.45) is 0 Å². The number of nitrogens with one attached hydrogen (secondary N) is 1. The molecule has 2 rings (SSSR count). The molecule has 0 saturated heterocycles. The van der Waals surface area contributed by atoms with Crippen molar-refractivity contribution in [3.05, 3.63) is 65.2 Å². The van der Waals surface area contributed by atoms with Crippen LogP contribution in [0, 0.1) is 0 Å². The second-order valence-electron chi connectivity index (χ2n) is 3.83. The molecular formula is C14H12ClNO2. The number of aliphatic carboxylic acids is 1. The van der Waals surface area contributed by atoms with E-state index in [4.69, 9.17) is 11.6 Å². The lowest BCUT2D eigenvalue weighted by Crippen LogP contribution is -2.20. The molecule has 0 aliphatic heterocycles. The summed E-state index contributed by atoms with van der Waals surface area (Å²) in [7, 11) is 0. The van der Waals surface area contributed by atoms with Gasteiger partial charge in [-0.3, -0.25) is 0 Å². The lowest BCUT2D eigenvalue weighted by molar-refractivity contribution is -0.138. The van der Waals surface area contributed by atoms with Gasteiger partial charge in [-0.25, -0.2) is 4.79 Å². The molecule has 0 fully saturated rings. The lowest BCUT2D eigenvalue weighted by atomic mass is 10.1. The van der Waals surface area contributed by atoms with Gasteiger partial charge in [0, 0.05) is 10.7 Å². The Balaban J connectivity index is 2.22. The molecule has 2 aromatic carbocycles. The van der Waals surface area contributed by atoms with E-state index in [1.165, 1.54) is 0 Å². The molecule has 3 nitrogen and oxygen atoms in total. The normalized spacial score (nSPS) is 11.8. The number of carboxylic acid groups (broad SMARTS) is 1. The Morgan fingerprint density at radius 2 is 1.67 bits per heavy atom. The maximum atomic E-state index is 11.3. The minimum Gasteiger partial charge on any atom is -0.479 e. The molecule has 0 unspecified atom stereocenters. The summed E-state index contributed by atoms with van der Waals surface area (Å²) in [5, 5.41) is 12.8. The van der Waals surface area contributed by atoms with Gasteiger partial charge in [0.05, 0.1) is 0 Å². The van der Waals surface area contributed by atoms with Crippen molar-refractivity contribution in [2.45, 2.75) is 6.04 Å². The second-order valence-corrected chi connectivity index (χ2v) is 4.27. The summed E-state index contributed by atoms with van der Waals surface area (Å²) in [6, 6.07) is 15.2. The van der Waals surface area contributed by atoms with Crippen LogP contribution in [0.25, 0.3) is 0 Å². The molecule has 0 bridgehead atoms. The third kappa shape index (κ3) is 3.02. The van der Waals surface area contributed by atoms with E-state index >= 15 is 0 Å². The van der Waals surface area contributed by atoms with Gasteiger partial charge in [0.1, 0.15) is 0 Å². The van der Waals surface area contributed by atoms with E-state index in [0.29, 0.717) is 10.6 Å². The SMILES string of the molecule is O=C(O)[C@H](Nc1ccc(Cl)cc1)c1ccccc1. The van der Waals surface area contributed by atoms with Gasteiger partial charge in [-0.1, -0.05) is 41.9 Å². The van der Waals surface area contributed by atoms with E-state index in [1.54, 1.807) is 36.4 Å². The fourth-order valence-electron chi connectivity index (χ4n) is 1.65. The summed E-state index contributed by atoms with van der Waals surface area (Å²) >= 11 is 5.78. The Morgan fingerprint density at radius 3 is 2.22 bits per heavy atom. The highest BCUT2D eigenvalue weighted by Gasteiger charge is 2.18. The van der Waals surface area contributed by atoms with Gasteiger partial charge < -0.3 is 10.4 Å². The Bertz CT molecular complexity index is 525. The Hall–Kier alpha value is -2.00. The second kappa shape index (κ2) is 5.56. The zero-order valence-corrected chi connectivity index (χ0v) is 10.3. The number of carbonyl (C=O) groups is 1. The van der Waals surface area contributed by atoms with Crippen LogP contribution in [0.4, 0.5) is 5.69 Å². The first-order valence-electron chi connectivity index (χ1n) is 5.46. The molecule has 4 heteroatoms. The topological polar surface area (TPSA) is 49.3 Å². The largest absolute Gasteiger partial charge is 0.479 e. The van der Waals surface area contributed by atoms with Gasteiger partial charge in [-0.2, -0.15) is 0 Å². The molecule has 92 valence electrons. The van der Waals surface area contributed by atoms with Gasteiger partial charge in [-0.05, 0) is 29.8 Å². The third-order valence-electron chi connectivity index (χ3n) is 2.54. The smallest absolute Gasteiger partial charge is 0.330 e. The zero-order valence-electron chi connectivity index (χ0n) is 9.51. The average molecular weight is 262 g/mol. The molecular weight excluding hydrogens is 250 g/mol. The van der Waals surface area contributed by atoms with Crippen molar-refractivity contribution < 1.29 is 9.90 Å². The number of halogens is 1. The van der Waals surface area contributed by atoms with E-state index in [2.05, 4.69) is 5.32 Å². The fraction of sp³-hybridized carbons (Fsp3) is 0.0714. The highest BCUT2D eigenvalue weighted by Crippen LogP contribution is 2.21. The Morgan fingerprint density at radius 1 is 1.06 bits per heavy atom. The summed E-state index contributed by atoms with van der Waals surface area (Å²) in [4.78, 5) is 11.3. The summed E-state index contributed by atoms with van der Waals surface area (Å²) in [6.07, 6.45) is 0. The minimum atomic E-state index is -0.920. The Kier molecular flexibility index (Phi) is 3.85. The van der Waals surface area contributed by atoms with Gasteiger partial charge in [0.25, 0.3) is 0 Å². The van der Waals surface area contributed by atoms with Crippen LogP contribution in [0.2, 0.25) is 5.02 Å². The first-order valence-corrected chi connectivity index (χ1v) is 5.84. The predicted molar refractivity (Wildman–Crippen MR) is 71.9 cm³/mol. The van der Waals surface area contributed by atoms with Gasteiger partial charge in [0.2, 0.25) is 0 Å². The number of benzene rings is 2. The summed E-state index contributed by atoms with van der Waals surface area (Å²) in [6.45, 7) is 0. The van der Waals surface area contributed by atoms with Crippen LogP contribution in [0.1, 0.15) is 11.6 Å². The molecule has 0 saturated carbocycles. The molecule has 2 aromatic rings. The fourth-order valence-corrected chi connectivity index (χ4v) is 1.77.